The zero-order valence-electron chi connectivity index (χ0n) is 19.4. The van der Waals surface area contributed by atoms with E-state index in [9.17, 15) is 14.4 Å². The molecule has 8 heteroatoms. The highest BCUT2D eigenvalue weighted by Crippen LogP contribution is 2.51. The second-order valence-electron chi connectivity index (χ2n) is 9.26. The molecule has 1 saturated carbocycles. The number of carbonyl (C=O) groups excluding carboxylic acids is 3. The third-order valence-electron chi connectivity index (χ3n) is 5.43. The monoisotopic (exact) mass is 442 g/mol. The summed E-state index contributed by atoms with van der Waals surface area (Å²) in [7, 11) is 1.60. The molecule has 1 rings (SSSR count). The van der Waals surface area contributed by atoms with Gasteiger partial charge in [0, 0.05) is 26.0 Å². The van der Waals surface area contributed by atoms with Crippen LogP contribution in [0, 0.1) is 16.7 Å². The Kier molecular flexibility index (Phi) is 11.8. The molecule has 8 nitrogen and oxygen atoms in total. The van der Waals surface area contributed by atoms with Crippen molar-refractivity contribution in [1.29, 1.82) is 0 Å². The number of rotatable bonds is 14. The van der Waals surface area contributed by atoms with Gasteiger partial charge in [-0.05, 0) is 42.4 Å². The molecule has 178 valence electrons. The van der Waals surface area contributed by atoms with Crippen LogP contribution >= 0.6 is 0 Å². The van der Waals surface area contributed by atoms with Gasteiger partial charge in [-0.25, -0.2) is 4.79 Å². The van der Waals surface area contributed by atoms with Gasteiger partial charge in [0.2, 0.25) is 6.79 Å². The van der Waals surface area contributed by atoms with Crippen molar-refractivity contribution in [1.82, 2.24) is 0 Å². The zero-order valence-corrected chi connectivity index (χ0v) is 19.4. The van der Waals surface area contributed by atoms with Gasteiger partial charge in [0.15, 0.2) is 0 Å². The fourth-order valence-corrected chi connectivity index (χ4v) is 4.63. The van der Waals surface area contributed by atoms with Crippen LogP contribution in [0.15, 0.2) is 12.7 Å². The minimum Gasteiger partial charge on any atom is -0.463 e. The van der Waals surface area contributed by atoms with Crippen LogP contribution in [0.1, 0.15) is 59.3 Å². The lowest BCUT2D eigenvalue weighted by molar-refractivity contribution is -0.164. The maximum atomic E-state index is 12.3. The molecular formula is C23H38O8. The standard InChI is InChI=1S/C23H38O8/c1-6-19(24)30-17-31-20(25)7-8-23(4)15-18(14-22(2,3)16-23)13-21(26)29-12-11-28-10-9-27-5/h6,18H,1,7-17H2,2-5H3. The number of methoxy groups -OCH3 is 1. The normalized spacial score (nSPS) is 22.4. The Morgan fingerprint density at radius 2 is 1.68 bits per heavy atom. The van der Waals surface area contributed by atoms with E-state index in [0.717, 1.165) is 25.3 Å². The fraction of sp³-hybridized carbons (Fsp3) is 0.783. The largest absolute Gasteiger partial charge is 0.463 e. The first-order chi connectivity index (χ1) is 14.6. The highest BCUT2D eigenvalue weighted by Gasteiger charge is 2.41. The second kappa shape index (κ2) is 13.5. The Labute approximate surface area is 185 Å². The number of esters is 3. The van der Waals surface area contributed by atoms with Crippen LogP contribution in [0.3, 0.4) is 0 Å². The van der Waals surface area contributed by atoms with Crippen LogP contribution in [-0.2, 0) is 38.1 Å². The van der Waals surface area contributed by atoms with Gasteiger partial charge in [0.1, 0.15) is 6.61 Å². The lowest BCUT2D eigenvalue weighted by atomic mass is 9.59. The van der Waals surface area contributed by atoms with Crippen molar-refractivity contribution in [3.8, 4) is 0 Å². The van der Waals surface area contributed by atoms with Crippen LogP contribution in [0.25, 0.3) is 0 Å². The molecule has 0 spiro atoms. The minimum absolute atomic E-state index is 0.0601. The summed E-state index contributed by atoms with van der Waals surface area (Å²) in [6, 6.07) is 0. The summed E-state index contributed by atoms with van der Waals surface area (Å²) >= 11 is 0. The Balaban J connectivity index is 2.44. The lowest BCUT2D eigenvalue weighted by Crippen LogP contribution is -2.37. The summed E-state index contributed by atoms with van der Waals surface area (Å²) in [5, 5.41) is 0. The quantitative estimate of drug-likeness (QED) is 0.175. The molecule has 0 N–H and O–H groups in total. The predicted octanol–water partition coefficient (Wildman–Crippen LogP) is 3.43. The average molecular weight is 443 g/mol. The molecule has 0 heterocycles. The number of ether oxygens (including phenoxy) is 5. The van der Waals surface area contributed by atoms with Gasteiger partial charge in [0.05, 0.1) is 19.8 Å². The number of hydrogen-bond acceptors (Lipinski definition) is 8. The first kappa shape index (κ1) is 27.1. The van der Waals surface area contributed by atoms with Crippen molar-refractivity contribution in [2.45, 2.75) is 59.3 Å². The first-order valence-electron chi connectivity index (χ1n) is 10.8. The molecule has 1 aliphatic rings. The van der Waals surface area contributed by atoms with Crippen molar-refractivity contribution in [2.24, 2.45) is 16.7 Å². The minimum atomic E-state index is -0.634. The molecule has 0 aromatic rings. The first-order valence-corrected chi connectivity index (χ1v) is 10.8. The Bertz CT molecular complexity index is 600. The Morgan fingerprint density at radius 3 is 2.35 bits per heavy atom. The van der Waals surface area contributed by atoms with E-state index in [0.29, 0.717) is 32.7 Å². The molecule has 0 aromatic carbocycles. The summed E-state index contributed by atoms with van der Waals surface area (Å²) < 4.78 is 25.1. The third kappa shape index (κ3) is 11.9. The molecule has 2 unspecified atom stereocenters. The van der Waals surface area contributed by atoms with Gasteiger partial charge in [-0.1, -0.05) is 27.4 Å². The second-order valence-corrected chi connectivity index (χ2v) is 9.26. The van der Waals surface area contributed by atoms with E-state index in [-0.39, 0.29) is 35.7 Å². The van der Waals surface area contributed by atoms with Gasteiger partial charge in [-0.2, -0.15) is 0 Å². The maximum Gasteiger partial charge on any atom is 0.333 e. The van der Waals surface area contributed by atoms with Crippen LogP contribution < -0.4 is 0 Å². The topological polar surface area (TPSA) is 97.4 Å². The molecule has 0 saturated heterocycles. The van der Waals surface area contributed by atoms with Gasteiger partial charge in [-0.3, -0.25) is 9.59 Å². The summed E-state index contributed by atoms with van der Waals surface area (Å²) in [4.78, 5) is 35.2. The van der Waals surface area contributed by atoms with E-state index >= 15 is 0 Å². The fourth-order valence-electron chi connectivity index (χ4n) is 4.63. The van der Waals surface area contributed by atoms with Crippen molar-refractivity contribution < 1.29 is 38.1 Å². The van der Waals surface area contributed by atoms with E-state index in [1.807, 2.05) is 0 Å². The molecule has 0 amide bonds. The van der Waals surface area contributed by atoms with Gasteiger partial charge < -0.3 is 23.7 Å². The van der Waals surface area contributed by atoms with E-state index in [1.165, 1.54) is 0 Å². The smallest absolute Gasteiger partial charge is 0.333 e. The summed E-state index contributed by atoms with van der Waals surface area (Å²) in [6.07, 6.45) is 4.98. The number of hydrogen-bond donors (Lipinski definition) is 0. The van der Waals surface area contributed by atoms with Gasteiger partial charge in [-0.15, -0.1) is 0 Å². The van der Waals surface area contributed by atoms with Crippen molar-refractivity contribution >= 4 is 17.9 Å². The molecule has 31 heavy (non-hydrogen) atoms. The number of carbonyl (C=O) groups is 3. The van der Waals surface area contributed by atoms with Crippen molar-refractivity contribution in [2.75, 3.05) is 40.3 Å². The maximum absolute atomic E-state index is 12.3. The van der Waals surface area contributed by atoms with E-state index in [4.69, 9.17) is 18.9 Å². The van der Waals surface area contributed by atoms with Crippen LogP contribution in [0.4, 0.5) is 0 Å². The van der Waals surface area contributed by atoms with Gasteiger partial charge >= 0.3 is 17.9 Å². The van der Waals surface area contributed by atoms with Crippen molar-refractivity contribution in [3.63, 3.8) is 0 Å². The lowest BCUT2D eigenvalue weighted by Gasteiger charge is -2.46. The summed E-state index contributed by atoms with van der Waals surface area (Å²) in [5.41, 5.74) is -0.0304. The molecule has 0 aliphatic heterocycles. The highest BCUT2D eigenvalue weighted by atomic mass is 16.7. The van der Waals surface area contributed by atoms with Crippen LogP contribution in [0.5, 0.6) is 0 Å². The van der Waals surface area contributed by atoms with Gasteiger partial charge in [0.25, 0.3) is 0 Å². The highest BCUT2D eigenvalue weighted by molar-refractivity contribution is 5.81. The van der Waals surface area contributed by atoms with E-state index in [2.05, 4.69) is 32.1 Å². The molecule has 1 aliphatic carbocycles. The molecule has 0 radical (unpaired) electrons. The Hall–Kier alpha value is -1.93. The Morgan fingerprint density at radius 1 is 0.968 bits per heavy atom. The van der Waals surface area contributed by atoms with E-state index in [1.54, 1.807) is 7.11 Å². The summed E-state index contributed by atoms with van der Waals surface area (Å²) in [6.45, 7) is 11.0. The molecule has 2 atom stereocenters. The zero-order chi connectivity index (χ0) is 23.3. The van der Waals surface area contributed by atoms with E-state index < -0.39 is 18.7 Å². The summed E-state index contributed by atoms with van der Waals surface area (Å²) in [5.74, 6) is -1.07. The average Bonchev–Trinajstić information content (AvgIpc) is 2.67. The molecule has 1 fully saturated rings. The predicted molar refractivity (Wildman–Crippen MR) is 114 cm³/mol. The van der Waals surface area contributed by atoms with Crippen molar-refractivity contribution in [3.05, 3.63) is 12.7 Å². The molecule has 0 bridgehead atoms. The molecule has 0 aromatic heterocycles. The SMILES string of the molecule is C=CC(=O)OCOC(=O)CCC1(C)CC(CC(=O)OCCOCCOC)CC(C)(C)C1. The van der Waals surface area contributed by atoms with Crippen LogP contribution in [-0.4, -0.2) is 58.2 Å². The molecular weight excluding hydrogens is 404 g/mol. The third-order valence-corrected chi connectivity index (χ3v) is 5.43. The van der Waals surface area contributed by atoms with Crippen LogP contribution in [0.2, 0.25) is 0 Å².